The zero-order valence-corrected chi connectivity index (χ0v) is 22.8. The Morgan fingerprint density at radius 1 is 1.17 bits per heavy atom. The SMILES string of the molecule is COC(=O)C[C@H](C(=O)N1CN(C(=O)OC(C)(C)C)C[C@H]1C1=NC(c2ccc(Br)cc2)=CC1)C(C)C. The maximum absolute atomic E-state index is 13.7. The van der Waals surface area contributed by atoms with Gasteiger partial charge in [-0.1, -0.05) is 48.0 Å². The first-order valence-corrected chi connectivity index (χ1v) is 12.6. The van der Waals surface area contributed by atoms with E-state index in [9.17, 15) is 14.4 Å². The second-order valence-corrected chi connectivity index (χ2v) is 11.1. The van der Waals surface area contributed by atoms with E-state index in [1.165, 1.54) is 12.0 Å². The highest BCUT2D eigenvalue weighted by atomic mass is 79.9. The van der Waals surface area contributed by atoms with E-state index in [0.717, 1.165) is 21.4 Å². The van der Waals surface area contributed by atoms with E-state index < -0.39 is 29.6 Å². The molecule has 1 saturated heterocycles. The number of nitrogens with zero attached hydrogens (tertiary/aromatic N) is 3. The lowest BCUT2D eigenvalue weighted by atomic mass is 9.90. The fourth-order valence-electron chi connectivity index (χ4n) is 4.16. The molecule has 1 aromatic rings. The molecule has 2 heterocycles. The second kappa shape index (κ2) is 10.9. The van der Waals surface area contributed by atoms with Crippen molar-refractivity contribution in [2.24, 2.45) is 16.8 Å². The minimum absolute atomic E-state index is 0.0163. The number of rotatable bonds is 6. The molecule has 8 nitrogen and oxygen atoms in total. The molecule has 0 saturated carbocycles. The third kappa shape index (κ3) is 6.72. The van der Waals surface area contributed by atoms with Crippen LogP contribution in [0.2, 0.25) is 0 Å². The molecule has 3 rings (SSSR count). The number of methoxy groups -OCH3 is 1. The third-order valence-corrected chi connectivity index (χ3v) is 6.59. The summed E-state index contributed by atoms with van der Waals surface area (Å²) in [5, 5.41) is 0. The predicted octanol–water partition coefficient (Wildman–Crippen LogP) is 4.88. The molecule has 2 atom stereocenters. The zero-order valence-electron chi connectivity index (χ0n) is 21.2. The zero-order chi connectivity index (χ0) is 25.9. The number of aliphatic imine (C=N–C) groups is 1. The van der Waals surface area contributed by atoms with E-state index in [1.807, 2.05) is 65.0 Å². The molecule has 0 N–H and O–H groups in total. The highest BCUT2D eigenvalue weighted by Crippen LogP contribution is 2.30. The first kappa shape index (κ1) is 26.9. The fraction of sp³-hybridized carbons (Fsp3) is 0.538. The second-order valence-electron chi connectivity index (χ2n) is 10.2. The molecular weight excluding hydrogens is 514 g/mol. The van der Waals surface area contributed by atoms with Gasteiger partial charge in [0.05, 0.1) is 44.4 Å². The number of benzene rings is 1. The maximum atomic E-state index is 13.7. The van der Waals surface area contributed by atoms with E-state index in [4.69, 9.17) is 14.5 Å². The molecule has 0 unspecified atom stereocenters. The maximum Gasteiger partial charge on any atom is 0.411 e. The summed E-state index contributed by atoms with van der Waals surface area (Å²) in [6.07, 6.45) is 2.11. The van der Waals surface area contributed by atoms with Gasteiger partial charge in [0, 0.05) is 16.6 Å². The van der Waals surface area contributed by atoms with Crippen LogP contribution in [0.5, 0.6) is 0 Å². The van der Waals surface area contributed by atoms with Crippen molar-refractivity contribution in [1.82, 2.24) is 9.80 Å². The van der Waals surface area contributed by atoms with Crippen molar-refractivity contribution in [2.45, 2.75) is 59.1 Å². The Morgan fingerprint density at radius 3 is 2.40 bits per heavy atom. The highest BCUT2D eigenvalue weighted by molar-refractivity contribution is 9.10. The Bertz CT molecular complexity index is 1030. The first-order valence-electron chi connectivity index (χ1n) is 11.8. The number of amides is 2. The summed E-state index contributed by atoms with van der Waals surface area (Å²) in [6.45, 7) is 9.59. The molecule has 190 valence electrons. The molecule has 1 aromatic carbocycles. The summed E-state index contributed by atoms with van der Waals surface area (Å²) in [5.74, 6) is -1.28. The van der Waals surface area contributed by atoms with Gasteiger partial charge in [-0.05, 0) is 44.4 Å². The van der Waals surface area contributed by atoms with Crippen molar-refractivity contribution in [1.29, 1.82) is 0 Å². The van der Waals surface area contributed by atoms with Gasteiger partial charge in [0.1, 0.15) is 5.60 Å². The lowest BCUT2D eigenvalue weighted by Gasteiger charge is -2.29. The summed E-state index contributed by atoms with van der Waals surface area (Å²) < 4.78 is 11.4. The number of halogens is 1. The number of esters is 1. The van der Waals surface area contributed by atoms with E-state index in [1.54, 1.807) is 4.90 Å². The van der Waals surface area contributed by atoms with Crippen molar-refractivity contribution < 1.29 is 23.9 Å². The quantitative estimate of drug-likeness (QED) is 0.473. The van der Waals surface area contributed by atoms with E-state index in [0.29, 0.717) is 6.42 Å². The van der Waals surface area contributed by atoms with Crippen LogP contribution in [0.1, 0.15) is 53.0 Å². The van der Waals surface area contributed by atoms with Crippen molar-refractivity contribution >= 4 is 45.3 Å². The van der Waals surface area contributed by atoms with Gasteiger partial charge in [0.2, 0.25) is 5.91 Å². The van der Waals surface area contributed by atoms with Crippen LogP contribution < -0.4 is 0 Å². The van der Waals surface area contributed by atoms with E-state index in [-0.39, 0.29) is 31.5 Å². The smallest absolute Gasteiger partial charge is 0.411 e. The Labute approximate surface area is 215 Å². The minimum Gasteiger partial charge on any atom is -0.469 e. The number of ether oxygens (including phenoxy) is 2. The fourth-order valence-corrected chi connectivity index (χ4v) is 4.42. The Hall–Kier alpha value is -2.68. The van der Waals surface area contributed by atoms with Crippen LogP contribution in [-0.4, -0.2) is 65.4 Å². The summed E-state index contributed by atoms with van der Waals surface area (Å²) >= 11 is 3.45. The van der Waals surface area contributed by atoms with Crippen molar-refractivity contribution in [3.63, 3.8) is 0 Å². The molecule has 0 radical (unpaired) electrons. The summed E-state index contributed by atoms with van der Waals surface area (Å²) in [7, 11) is 1.32. The van der Waals surface area contributed by atoms with Crippen LogP contribution in [0.3, 0.4) is 0 Å². The van der Waals surface area contributed by atoms with Gasteiger partial charge in [-0.3, -0.25) is 19.5 Å². The van der Waals surface area contributed by atoms with Crippen LogP contribution in [0.4, 0.5) is 4.79 Å². The van der Waals surface area contributed by atoms with Crippen LogP contribution in [-0.2, 0) is 19.1 Å². The average Bonchev–Trinajstić information content (AvgIpc) is 3.43. The number of hydrogen-bond donors (Lipinski definition) is 0. The summed E-state index contributed by atoms with van der Waals surface area (Å²) in [5.41, 5.74) is 1.97. The lowest BCUT2D eigenvalue weighted by Crippen LogP contribution is -2.46. The van der Waals surface area contributed by atoms with Gasteiger partial charge in [-0.2, -0.15) is 0 Å². The van der Waals surface area contributed by atoms with Crippen LogP contribution in [0.15, 0.2) is 39.8 Å². The molecule has 2 aliphatic rings. The number of carbonyl (C=O) groups is 3. The van der Waals surface area contributed by atoms with Crippen molar-refractivity contribution in [3.05, 3.63) is 40.4 Å². The van der Waals surface area contributed by atoms with Crippen molar-refractivity contribution in [3.8, 4) is 0 Å². The average molecular weight is 548 g/mol. The van der Waals surface area contributed by atoms with Gasteiger partial charge in [0.15, 0.2) is 0 Å². The first-order chi connectivity index (χ1) is 16.4. The van der Waals surface area contributed by atoms with E-state index >= 15 is 0 Å². The minimum atomic E-state index is -0.656. The largest absolute Gasteiger partial charge is 0.469 e. The van der Waals surface area contributed by atoms with E-state index in [2.05, 4.69) is 15.9 Å². The van der Waals surface area contributed by atoms with Crippen molar-refractivity contribution in [2.75, 3.05) is 20.3 Å². The Balaban J connectivity index is 1.89. The third-order valence-electron chi connectivity index (χ3n) is 6.06. The molecule has 2 amide bonds. The number of allylic oxidation sites excluding steroid dienone is 1. The molecule has 0 bridgehead atoms. The Kier molecular flexibility index (Phi) is 8.41. The Morgan fingerprint density at radius 2 is 1.83 bits per heavy atom. The number of hydrogen-bond acceptors (Lipinski definition) is 6. The molecular formula is C26H34BrN3O5. The molecule has 2 aliphatic heterocycles. The molecule has 1 fully saturated rings. The van der Waals surface area contributed by atoms with Crippen LogP contribution >= 0.6 is 15.9 Å². The molecule has 0 aliphatic carbocycles. The summed E-state index contributed by atoms with van der Waals surface area (Å²) in [4.78, 5) is 46.6. The molecule has 35 heavy (non-hydrogen) atoms. The highest BCUT2D eigenvalue weighted by Gasteiger charge is 2.43. The summed E-state index contributed by atoms with van der Waals surface area (Å²) in [6, 6.07) is 7.48. The van der Waals surface area contributed by atoms with Gasteiger partial charge >= 0.3 is 12.1 Å². The standard InChI is InChI=1S/C26H34BrN3O5/c1-16(2)19(13-23(31)34-6)24(32)30-15-29(25(33)35-26(3,4)5)14-22(30)21-12-11-20(28-21)17-7-9-18(27)10-8-17/h7-11,16,19,22H,12-15H2,1-6H3/t19-,22-/m0/s1. The van der Waals surface area contributed by atoms with Gasteiger partial charge in [-0.15, -0.1) is 0 Å². The number of carbonyl (C=O) groups excluding carboxylic acids is 3. The van der Waals surface area contributed by atoms with Crippen LogP contribution in [0.25, 0.3) is 5.70 Å². The lowest BCUT2D eigenvalue weighted by molar-refractivity contribution is -0.148. The molecule has 9 heteroatoms. The predicted molar refractivity (Wildman–Crippen MR) is 138 cm³/mol. The topological polar surface area (TPSA) is 88.5 Å². The van der Waals surface area contributed by atoms with Gasteiger partial charge in [-0.25, -0.2) is 4.79 Å². The molecule has 0 aromatic heterocycles. The monoisotopic (exact) mass is 547 g/mol. The normalized spacial score (nSPS) is 18.9. The van der Waals surface area contributed by atoms with Gasteiger partial charge in [0.25, 0.3) is 0 Å². The van der Waals surface area contributed by atoms with Crippen LogP contribution in [0, 0.1) is 11.8 Å². The molecule has 0 spiro atoms. The van der Waals surface area contributed by atoms with Gasteiger partial charge < -0.3 is 14.4 Å².